The number of piperidine rings is 1. The van der Waals surface area contributed by atoms with Crippen LogP contribution in [0.15, 0.2) is 37.2 Å². The third-order valence-corrected chi connectivity index (χ3v) is 5.36. The summed E-state index contributed by atoms with van der Waals surface area (Å²) >= 11 is 1.85. The molecule has 0 radical (unpaired) electrons. The molecule has 1 unspecified atom stereocenters. The van der Waals surface area contributed by atoms with E-state index in [-0.39, 0.29) is 0 Å². The monoisotopic (exact) mass is 355 g/mol. The molecule has 1 N–H and O–H groups in total. The molecule has 112 valence electrons. The zero-order valence-corrected chi connectivity index (χ0v) is 14.7. The zero-order valence-electron chi connectivity index (χ0n) is 12.2. The Morgan fingerprint density at radius 3 is 2.95 bits per heavy atom. The quantitative estimate of drug-likeness (QED) is 0.715. The standard InChI is InChI=1S/C16H18AsN5/c17-12-2-1-5-22(9-12)14-3-4-20-16-15(14)13(8-21-16)11-6-18-10-19-7-11/h3-4,6-8,10,12H,1-2,5,9,17H2,(H,20,21)/t12-/m0/s1. The van der Waals surface area contributed by atoms with Crippen molar-refractivity contribution in [1.82, 2.24) is 19.9 Å². The summed E-state index contributed by atoms with van der Waals surface area (Å²) in [6.07, 6.45) is 11.8. The summed E-state index contributed by atoms with van der Waals surface area (Å²) in [5, 5.41) is 1.18. The van der Waals surface area contributed by atoms with Crippen LogP contribution in [0.1, 0.15) is 12.8 Å². The van der Waals surface area contributed by atoms with Gasteiger partial charge in [-0.3, -0.25) is 0 Å². The summed E-state index contributed by atoms with van der Waals surface area (Å²) in [4.78, 5) is 18.6. The van der Waals surface area contributed by atoms with Crippen LogP contribution in [0.2, 0.25) is 4.71 Å². The van der Waals surface area contributed by atoms with Gasteiger partial charge in [0, 0.05) is 0 Å². The molecule has 6 heteroatoms. The molecule has 0 saturated carbocycles. The topological polar surface area (TPSA) is 57.7 Å². The fourth-order valence-electron chi connectivity index (χ4n) is 3.20. The Balaban J connectivity index is 1.86. The van der Waals surface area contributed by atoms with Gasteiger partial charge in [-0.05, 0) is 0 Å². The van der Waals surface area contributed by atoms with Crippen LogP contribution in [0.4, 0.5) is 5.69 Å². The van der Waals surface area contributed by atoms with Gasteiger partial charge in [0.1, 0.15) is 0 Å². The molecule has 4 rings (SSSR count). The van der Waals surface area contributed by atoms with Crippen molar-refractivity contribution < 1.29 is 0 Å². The predicted octanol–water partition coefficient (Wildman–Crippen LogP) is 2.04. The average molecular weight is 355 g/mol. The van der Waals surface area contributed by atoms with Crippen LogP contribution in [0.5, 0.6) is 0 Å². The summed E-state index contributed by atoms with van der Waals surface area (Å²) in [6.45, 7) is 2.25. The number of nitrogens with zero attached hydrogens (tertiary/aromatic N) is 4. The number of hydrogen-bond donors (Lipinski definition) is 1. The van der Waals surface area contributed by atoms with E-state index in [1.54, 1.807) is 6.33 Å². The van der Waals surface area contributed by atoms with Crippen molar-refractivity contribution >= 4 is 33.6 Å². The SMILES string of the molecule is [AsH2][C@H]1CCCN(c2ccnc3[nH]cc(-c4cncnc4)c23)C1. The van der Waals surface area contributed by atoms with Crippen LogP contribution >= 0.6 is 0 Å². The normalized spacial score (nSPS) is 18.8. The molecule has 1 fully saturated rings. The molecular formula is C16H18AsN5. The Bertz CT molecular complexity index is 786. The molecule has 0 aromatic carbocycles. The molecule has 0 spiro atoms. The van der Waals surface area contributed by atoms with E-state index in [2.05, 4.69) is 30.9 Å². The van der Waals surface area contributed by atoms with E-state index in [9.17, 15) is 0 Å². The molecule has 2 atom stereocenters. The summed E-state index contributed by atoms with van der Waals surface area (Å²) in [7, 11) is 0. The molecule has 22 heavy (non-hydrogen) atoms. The van der Waals surface area contributed by atoms with E-state index in [1.165, 1.54) is 23.9 Å². The van der Waals surface area contributed by atoms with Gasteiger partial charge in [0.15, 0.2) is 0 Å². The number of nitrogens with one attached hydrogen (secondary N) is 1. The van der Waals surface area contributed by atoms with Crippen molar-refractivity contribution in [1.29, 1.82) is 0 Å². The number of anilines is 1. The van der Waals surface area contributed by atoms with Gasteiger partial charge in [0.2, 0.25) is 0 Å². The molecule has 3 aromatic rings. The molecule has 4 heterocycles. The van der Waals surface area contributed by atoms with Gasteiger partial charge in [-0.25, -0.2) is 0 Å². The Morgan fingerprint density at radius 2 is 2.14 bits per heavy atom. The first-order valence-electron chi connectivity index (χ1n) is 7.55. The van der Waals surface area contributed by atoms with Crippen molar-refractivity contribution in [3.63, 3.8) is 0 Å². The molecule has 0 bridgehead atoms. The van der Waals surface area contributed by atoms with Gasteiger partial charge in [-0.1, -0.05) is 0 Å². The summed E-state index contributed by atoms with van der Waals surface area (Å²) in [5.41, 5.74) is 4.35. The zero-order chi connectivity index (χ0) is 14.9. The van der Waals surface area contributed by atoms with Gasteiger partial charge < -0.3 is 0 Å². The first kappa shape index (κ1) is 13.8. The number of fused-ring (bicyclic) bond motifs is 1. The summed E-state index contributed by atoms with van der Waals surface area (Å²) in [6, 6.07) is 2.13. The molecule has 1 saturated heterocycles. The van der Waals surface area contributed by atoms with E-state index in [4.69, 9.17) is 0 Å². The van der Waals surface area contributed by atoms with Crippen molar-refractivity contribution in [3.05, 3.63) is 37.2 Å². The van der Waals surface area contributed by atoms with E-state index < -0.39 is 0 Å². The number of aromatic amines is 1. The summed E-state index contributed by atoms with van der Waals surface area (Å²) < 4.78 is 0.798. The van der Waals surface area contributed by atoms with Crippen molar-refractivity contribution in [2.24, 2.45) is 0 Å². The van der Waals surface area contributed by atoms with Crippen LogP contribution in [-0.2, 0) is 0 Å². The number of rotatable bonds is 2. The van der Waals surface area contributed by atoms with Crippen LogP contribution in [0.25, 0.3) is 22.2 Å². The molecule has 3 aromatic heterocycles. The van der Waals surface area contributed by atoms with Crippen molar-refractivity contribution in [2.75, 3.05) is 18.0 Å². The number of H-pyrrole nitrogens is 1. The predicted molar refractivity (Wildman–Crippen MR) is 90.9 cm³/mol. The average Bonchev–Trinajstić information content (AvgIpc) is 3.00. The Kier molecular flexibility index (Phi) is 3.58. The summed E-state index contributed by atoms with van der Waals surface area (Å²) in [5.74, 6) is 0. The van der Waals surface area contributed by atoms with E-state index >= 15 is 0 Å². The van der Waals surface area contributed by atoms with Gasteiger partial charge in [-0.15, -0.1) is 0 Å². The molecule has 1 aliphatic heterocycles. The first-order chi connectivity index (χ1) is 10.8. The fraction of sp³-hybridized carbons (Fsp3) is 0.312. The number of pyridine rings is 1. The van der Waals surface area contributed by atoms with Crippen LogP contribution < -0.4 is 4.90 Å². The van der Waals surface area contributed by atoms with Crippen LogP contribution in [0.3, 0.4) is 0 Å². The van der Waals surface area contributed by atoms with E-state index in [0.717, 1.165) is 34.6 Å². The van der Waals surface area contributed by atoms with E-state index in [1.807, 2.05) is 41.6 Å². The second kappa shape index (κ2) is 5.73. The van der Waals surface area contributed by atoms with Crippen LogP contribution in [0, 0.1) is 0 Å². The second-order valence-electron chi connectivity index (χ2n) is 5.73. The van der Waals surface area contributed by atoms with Gasteiger partial charge in [0.25, 0.3) is 0 Å². The first-order valence-corrected chi connectivity index (χ1v) is 8.95. The number of hydrogen-bond acceptors (Lipinski definition) is 4. The Hall–Kier alpha value is -1.87. The molecule has 0 amide bonds. The van der Waals surface area contributed by atoms with Crippen LogP contribution in [-0.4, -0.2) is 49.9 Å². The third-order valence-electron chi connectivity index (χ3n) is 4.22. The van der Waals surface area contributed by atoms with Crippen molar-refractivity contribution in [3.8, 4) is 11.1 Å². The molecule has 0 aliphatic carbocycles. The Morgan fingerprint density at radius 1 is 1.27 bits per heavy atom. The molecular weight excluding hydrogens is 337 g/mol. The maximum absolute atomic E-state index is 4.48. The molecule has 5 nitrogen and oxygen atoms in total. The van der Waals surface area contributed by atoms with Gasteiger partial charge in [0.05, 0.1) is 0 Å². The number of aromatic nitrogens is 4. The Labute approximate surface area is 137 Å². The third kappa shape index (κ3) is 2.39. The minimum atomic E-state index is 0.798. The van der Waals surface area contributed by atoms with Crippen molar-refractivity contribution in [2.45, 2.75) is 17.5 Å². The van der Waals surface area contributed by atoms with Gasteiger partial charge >= 0.3 is 137 Å². The maximum atomic E-state index is 4.48. The van der Waals surface area contributed by atoms with Gasteiger partial charge in [-0.2, -0.15) is 0 Å². The molecule has 1 aliphatic rings. The minimum absolute atomic E-state index is 0.798. The fourth-order valence-corrected chi connectivity index (χ4v) is 4.23. The second-order valence-corrected chi connectivity index (χ2v) is 7.71. The van der Waals surface area contributed by atoms with E-state index in [0.29, 0.717) is 0 Å².